The van der Waals surface area contributed by atoms with Gasteiger partial charge in [-0.1, -0.05) is 182 Å². The summed E-state index contributed by atoms with van der Waals surface area (Å²) in [5, 5.41) is 6.69. The Labute approximate surface area is 358 Å². The molecule has 0 aromatic heterocycles. The van der Waals surface area contributed by atoms with Crippen LogP contribution in [0.2, 0.25) is 0 Å². The summed E-state index contributed by atoms with van der Waals surface area (Å²) in [7, 11) is -4.40. The number of benzene rings is 7. The van der Waals surface area contributed by atoms with Crippen LogP contribution in [0.5, 0.6) is 0 Å². The lowest BCUT2D eigenvalue weighted by Gasteiger charge is -2.34. The molecule has 60 heavy (non-hydrogen) atoms. The lowest BCUT2D eigenvalue weighted by molar-refractivity contribution is -0.117. The monoisotopic (exact) mass is 814 g/mol. The number of carbonyl (C=O) groups is 1. The van der Waals surface area contributed by atoms with Crippen molar-refractivity contribution in [2.45, 2.75) is 24.9 Å². The molecule has 0 saturated carbocycles. The second kappa shape index (κ2) is 19.9. The van der Waals surface area contributed by atoms with Gasteiger partial charge in [0.25, 0.3) is 0 Å². The van der Waals surface area contributed by atoms with E-state index in [-0.39, 0.29) is 5.78 Å². The molecule has 0 N–H and O–H groups in total. The van der Waals surface area contributed by atoms with Crippen LogP contribution in [-0.2, 0) is 4.79 Å². The summed E-state index contributed by atoms with van der Waals surface area (Å²) >= 11 is 0. The third-order valence-corrected chi connectivity index (χ3v) is 20.9. The van der Waals surface area contributed by atoms with Gasteiger partial charge < -0.3 is 0 Å². The number of hydrogen-bond acceptors (Lipinski definition) is 1. The molecule has 1 aliphatic carbocycles. The average Bonchev–Trinajstić information content (AvgIpc) is 3.32. The number of ketones is 1. The van der Waals surface area contributed by atoms with Crippen molar-refractivity contribution in [3.05, 3.63) is 259 Å². The van der Waals surface area contributed by atoms with E-state index >= 15 is 4.79 Å². The van der Waals surface area contributed by atoms with E-state index in [1.165, 1.54) is 32.1 Å². The van der Waals surface area contributed by atoms with Crippen LogP contribution < -0.4 is 26.5 Å². The van der Waals surface area contributed by atoms with Crippen molar-refractivity contribution in [3.8, 4) is 0 Å². The minimum Gasteiger partial charge on any atom is -0.299 e. The Balaban J connectivity index is 1.23. The Morgan fingerprint density at radius 1 is 0.433 bits per heavy atom. The zero-order valence-corrected chi connectivity index (χ0v) is 35.9. The maximum Gasteiger partial charge on any atom is 0.141 e. The summed E-state index contributed by atoms with van der Waals surface area (Å²) in [6.07, 6.45) is 17.0. The van der Waals surface area contributed by atoms with Gasteiger partial charge in [0.15, 0.2) is 0 Å². The fourth-order valence-electron chi connectivity index (χ4n) is 8.95. The van der Waals surface area contributed by atoms with Gasteiger partial charge in [-0.05, 0) is 89.0 Å². The molecule has 294 valence electrons. The highest BCUT2D eigenvalue weighted by Gasteiger charge is 2.50. The van der Waals surface area contributed by atoms with Crippen LogP contribution in [0.3, 0.4) is 0 Å². The average molecular weight is 815 g/mol. The Kier molecular flexibility index (Phi) is 13.5. The molecule has 0 spiro atoms. The molecule has 7 aromatic carbocycles. The van der Waals surface area contributed by atoms with Gasteiger partial charge >= 0.3 is 0 Å². The largest absolute Gasteiger partial charge is 0.299 e. The molecule has 0 heterocycles. The lowest BCUT2D eigenvalue weighted by Crippen LogP contribution is -2.34. The normalized spacial score (nSPS) is 14.5. The summed E-state index contributed by atoms with van der Waals surface area (Å²) in [6.45, 7) is 0. The fourth-order valence-corrected chi connectivity index (χ4v) is 18.0. The number of hydrogen-bond donors (Lipinski definition) is 0. The van der Waals surface area contributed by atoms with Crippen LogP contribution in [0.15, 0.2) is 248 Å². The van der Waals surface area contributed by atoms with Crippen LogP contribution >= 0.6 is 14.5 Å². The van der Waals surface area contributed by atoms with E-state index in [1.807, 2.05) is 0 Å². The van der Waals surface area contributed by atoms with Crippen LogP contribution in [-0.4, -0.2) is 23.8 Å². The van der Waals surface area contributed by atoms with Crippen molar-refractivity contribution >= 4 is 59.0 Å². The second-order valence-corrected chi connectivity index (χ2v) is 22.8. The third kappa shape index (κ3) is 9.40. The summed E-state index contributed by atoms with van der Waals surface area (Å²) in [5.41, 5.74) is 4.89. The van der Waals surface area contributed by atoms with Gasteiger partial charge in [-0.2, -0.15) is 0 Å². The maximum atomic E-state index is 15.2. The van der Waals surface area contributed by atoms with Crippen molar-refractivity contribution in [2.75, 3.05) is 12.3 Å². The minimum atomic E-state index is -2.27. The summed E-state index contributed by atoms with van der Waals surface area (Å²) in [4.78, 5) is 15.2. The van der Waals surface area contributed by atoms with Gasteiger partial charge in [-0.15, -0.1) is 0 Å². The van der Waals surface area contributed by atoms with Crippen LogP contribution in [0, 0.1) is 0 Å². The van der Waals surface area contributed by atoms with Crippen molar-refractivity contribution in [2.24, 2.45) is 0 Å². The van der Waals surface area contributed by atoms with E-state index in [1.54, 1.807) is 0 Å². The van der Waals surface area contributed by atoms with Crippen molar-refractivity contribution in [1.29, 1.82) is 0 Å². The zero-order valence-electron chi connectivity index (χ0n) is 34.1. The van der Waals surface area contributed by atoms with E-state index in [4.69, 9.17) is 0 Å². The Bertz CT molecular complexity index is 2410. The van der Waals surface area contributed by atoms with Crippen molar-refractivity contribution in [1.82, 2.24) is 0 Å². The highest BCUT2D eigenvalue weighted by molar-refractivity contribution is 7.95. The zero-order chi connectivity index (χ0) is 40.9. The molecule has 1 nitrogen and oxygen atoms in total. The molecule has 8 rings (SSSR count). The SMILES string of the molecule is O=C(CC(=Cc1ccccc1)C[P+](c1ccccc1)(c1ccccc1)c1ccccc1)CC(=Cc1ccccc1)C[P+](c1ccccc1)(c1ccccc1)C1C=CC=CC1. The van der Waals surface area contributed by atoms with E-state index < -0.39 is 14.5 Å². The van der Waals surface area contributed by atoms with Gasteiger partial charge in [0.05, 0.1) is 19.6 Å². The maximum absolute atomic E-state index is 15.2. The molecule has 0 bridgehead atoms. The van der Waals surface area contributed by atoms with Crippen LogP contribution in [0.1, 0.15) is 30.4 Å². The number of allylic oxidation sites excluding steroid dienone is 6. The highest BCUT2D eigenvalue weighted by atomic mass is 31.2. The van der Waals surface area contributed by atoms with Gasteiger partial charge in [0, 0.05) is 19.3 Å². The molecule has 1 atom stereocenters. The van der Waals surface area contributed by atoms with E-state index in [0.717, 1.165) is 35.4 Å². The molecule has 1 unspecified atom stereocenters. The molecular formula is C57H52OP2+2. The molecular weight excluding hydrogens is 763 g/mol. The van der Waals surface area contributed by atoms with Gasteiger partial charge in [0.1, 0.15) is 45.2 Å². The fraction of sp³-hybridized carbons (Fsp3) is 0.105. The number of carbonyl (C=O) groups excluding carboxylic acids is 1. The molecule has 7 aromatic rings. The summed E-state index contributed by atoms with van der Waals surface area (Å²) in [6, 6.07) is 76.5. The lowest BCUT2D eigenvalue weighted by atomic mass is 10.0. The highest BCUT2D eigenvalue weighted by Crippen LogP contribution is 2.64. The molecule has 0 radical (unpaired) electrons. The van der Waals surface area contributed by atoms with E-state index in [9.17, 15) is 0 Å². The Morgan fingerprint density at radius 3 is 1.15 bits per heavy atom. The second-order valence-electron chi connectivity index (χ2n) is 15.6. The first-order valence-electron chi connectivity index (χ1n) is 21.0. The van der Waals surface area contributed by atoms with Crippen molar-refractivity contribution in [3.63, 3.8) is 0 Å². The van der Waals surface area contributed by atoms with Gasteiger partial charge in [-0.3, -0.25) is 4.79 Å². The standard InChI is InChI=1S/C57H52OP2/c58-51(43-49(41-47-25-9-1-10-26-47)45-59(52-29-13-3-14-30-52,53-31-15-4-16-32-53)54-33-17-5-18-34-54)44-50(42-48-27-11-2-12-28-48)46-60(55-35-19-6-20-36-55,56-37-21-7-22-38-56)57-39-23-8-24-40-57/h1-39,41-42,57H,40,43-46H2/q+2. The van der Waals surface area contributed by atoms with Gasteiger partial charge in [0.2, 0.25) is 0 Å². The number of rotatable bonds is 16. The molecule has 0 fully saturated rings. The Morgan fingerprint density at radius 2 is 0.783 bits per heavy atom. The Hall–Kier alpha value is -5.97. The smallest absolute Gasteiger partial charge is 0.141 e. The summed E-state index contributed by atoms with van der Waals surface area (Å²) < 4.78 is 0. The number of Topliss-reactive ketones (excluding diaryl/α,β-unsaturated/α-hetero) is 1. The first kappa shape index (κ1) is 40.8. The summed E-state index contributed by atoms with van der Waals surface area (Å²) in [5.74, 6) is 0.241. The molecule has 0 amide bonds. The van der Waals surface area contributed by atoms with E-state index in [2.05, 4.69) is 249 Å². The molecule has 0 saturated heterocycles. The predicted octanol–water partition coefficient (Wildman–Crippen LogP) is 12.1. The van der Waals surface area contributed by atoms with Crippen molar-refractivity contribution < 1.29 is 4.79 Å². The quantitative estimate of drug-likeness (QED) is 0.0888. The van der Waals surface area contributed by atoms with E-state index in [0.29, 0.717) is 18.5 Å². The van der Waals surface area contributed by atoms with Crippen LogP contribution in [0.25, 0.3) is 12.2 Å². The molecule has 3 heteroatoms. The predicted molar refractivity (Wildman–Crippen MR) is 264 cm³/mol. The topological polar surface area (TPSA) is 17.1 Å². The minimum absolute atomic E-state index is 0.241. The van der Waals surface area contributed by atoms with Gasteiger partial charge in [-0.25, -0.2) is 0 Å². The molecule has 0 aliphatic heterocycles. The first-order valence-corrected chi connectivity index (χ1v) is 25.0. The third-order valence-electron chi connectivity index (χ3n) is 11.6. The molecule has 1 aliphatic rings. The van der Waals surface area contributed by atoms with Crippen LogP contribution in [0.4, 0.5) is 0 Å². The first-order chi connectivity index (χ1) is 29.6.